The Labute approximate surface area is 124 Å². The number of carbonyl (C=O) groups excluding carboxylic acids is 1. The lowest BCUT2D eigenvalue weighted by Crippen LogP contribution is -2.45. The van der Waals surface area contributed by atoms with Gasteiger partial charge in [-0.1, -0.05) is 6.92 Å². The van der Waals surface area contributed by atoms with Crippen molar-refractivity contribution in [3.05, 3.63) is 15.6 Å². The Balaban J connectivity index is 1.99. The molecule has 0 spiro atoms. The molecule has 1 saturated heterocycles. The van der Waals surface area contributed by atoms with Crippen molar-refractivity contribution in [2.45, 2.75) is 27.0 Å². The summed E-state index contributed by atoms with van der Waals surface area (Å²) < 4.78 is 5.12. The number of ether oxygens (including phenoxy) is 1. The highest BCUT2D eigenvalue weighted by Crippen LogP contribution is 2.22. The zero-order chi connectivity index (χ0) is 14.5. The summed E-state index contributed by atoms with van der Waals surface area (Å²) in [4.78, 5) is 21.8. The zero-order valence-corrected chi connectivity index (χ0v) is 13.3. The highest BCUT2D eigenvalue weighted by Gasteiger charge is 2.19. The second kappa shape index (κ2) is 7.26. The molecular weight excluding hydrogens is 274 g/mol. The van der Waals surface area contributed by atoms with Gasteiger partial charge in [-0.05, 0) is 6.54 Å². The van der Waals surface area contributed by atoms with Crippen molar-refractivity contribution >= 4 is 17.1 Å². The summed E-state index contributed by atoms with van der Waals surface area (Å²) in [7, 11) is 1.63. The van der Waals surface area contributed by atoms with Gasteiger partial charge < -0.3 is 9.64 Å². The molecule has 6 heteroatoms. The molecule has 0 amide bonds. The maximum Gasteiger partial charge on any atom is 0.171 e. The fourth-order valence-corrected chi connectivity index (χ4v) is 3.44. The van der Waals surface area contributed by atoms with Crippen LogP contribution in [0.1, 0.15) is 34.2 Å². The Hall–Kier alpha value is -0.820. The minimum Gasteiger partial charge on any atom is -0.378 e. The fraction of sp³-hybridized carbons (Fsp3) is 0.714. The molecule has 5 nitrogen and oxygen atoms in total. The molecule has 0 aliphatic carbocycles. The molecule has 1 aromatic rings. The topological polar surface area (TPSA) is 45.7 Å². The summed E-state index contributed by atoms with van der Waals surface area (Å²) in [6.45, 7) is 10.5. The molecule has 2 heterocycles. The van der Waals surface area contributed by atoms with Gasteiger partial charge in [0.25, 0.3) is 0 Å². The van der Waals surface area contributed by atoms with Crippen LogP contribution in [0.5, 0.6) is 0 Å². The summed E-state index contributed by atoms with van der Waals surface area (Å²) in [5, 5.41) is 1.02. The lowest BCUT2D eigenvalue weighted by atomic mass is 10.3. The van der Waals surface area contributed by atoms with E-state index in [1.54, 1.807) is 14.0 Å². The minimum absolute atomic E-state index is 0.0802. The number of nitrogens with zero attached hydrogens (tertiary/aromatic N) is 3. The average molecular weight is 297 g/mol. The lowest BCUT2D eigenvalue weighted by Gasteiger charge is -2.33. The molecule has 1 fully saturated rings. The van der Waals surface area contributed by atoms with E-state index in [-0.39, 0.29) is 5.78 Å². The van der Waals surface area contributed by atoms with E-state index in [9.17, 15) is 4.79 Å². The normalized spacial score (nSPS) is 17.6. The van der Waals surface area contributed by atoms with Crippen LogP contribution in [0.2, 0.25) is 0 Å². The van der Waals surface area contributed by atoms with E-state index in [1.165, 1.54) is 11.3 Å². The van der Waals surface area contributed by atoms with Crippen molar-refractivity contribution in [2.24, 2.45) is 0 Å². The third-order valence-corrected chi connectivity index (χ3v) is 4.80. The number of rotatable bonds is 6. The van der Waals surface area contributed by atoms with E-state index < -0.39 is 0 Å². The van der Waals surface area contributed by atoms with Crippen molar-refractivity contribution in [3.63, 3.8) is 0 Å². The van der Waals surface area contributed by atoms with Gasteiger partial charge in [-0.25, -0.2) is 4.98 Å². The van der Waals surface area contributed by atoms with Crippen molar-refractivity contribution in [1.82, 2.24) is 14.8 Å². The first-order chi connectivity index (χ1) is 9.63. The third-order valence-electron chi connectivity index (χ3n) is 3.61. The number of carbonyl (C=O) groups is 1. The molecule has 1 aliphatic heterocycles. The van der Waals surface area contributed by atoms with Crippen LogP contribution in [0.4, 0.5) is 0 Å². The van der Waals surface area contributed by atoms with Gasteiger partial charge in [-0.15, -0.1) is 11.3 Å². The summed E-state index contributed by atoms with van der Waals surface area (Å²) in [6.07, 6.45) is 0. The summed E-state index contributed by atoms with van der Waals surface area (Å²) in [6, 6.07) is 0. The SMILES string of the molecule is CCN1CCN(Cc2nc(COC)c(C(C)=O)s2)CC1. The Morgan fingerprint density at radius 3 is 2.50 bits per heavy atom. The van der Waals surface area contributed by atoms with E-state index >= 15 is 0 Å². The molecule has 20 heavy (non-hydrogen) atoms. The van der Waals surface area contributed by atoms with Gasteiger partial charge in [-0.3, -0.25) is 9.69 Å². The highest BCUT2D eigenvalue weighted by molar-refractivity contribution is 7.13. The molecule has 1 aliphatic rings. The largest absolute Gasteiger partial charge is 0.378 e. The predicted octanol–water partition coefficient (Wildman–Crippen LogP) is 1.63. The quantitative estimate of drug-likeness (QED) is 0.747. The van der Waals surface area contributed by atoms with Crippen LogP contribution in [-0.4, -0.2) is 60.4 Å². The molecular formula is C14H23N3O2S. The van der Waals surface area contributed by atoms with Crippen molar-refractivity contribution in [2.75, 3.05) is 39.8 Å². The van der Waals surface area contributed by atoms with Gasteiger partial charge in [0.2, 0.25) is 0 Å². The molecule has 0 aromatic carbocycles. The number of ketones is 1. The maximum absolute atomic E-state index is 11.6. The van der Waals surface area contributed by atoms with E-state index in [1.807, 2.05) is 0 Å². The monoisotopic (exact) mass is 297 g/mol. The second-order valence-electron chi connectivity index (χ2n) is 5.08. The van der Waals surface area contributed by atoms with Crippen LogP contribution >= 0.6 is 11.3 Å². The summed E-state index contributed by atoms with van der Waals surface area (Å²) in [5.74, 6) is 0.0802. The fourth-order valence-electron chi connectivity index (χ4n) is 2.43. The van der Waals surface area contributed by atoms with Gasteiger partial charge in [0, 0.05) is 40.2 Å². The second-order valence-corrected chi connectivity index (χ2v) is 6.17. The Bertz CT molecular complexity index is 453. The molecule has 1 aromatic heterocycles. The number of thiazole rings is 1. The van der Waals surface area contributed by atoms with Gasteiger partial charge in [-0.2, -0.15) is 0 Å². The third kappa shape index (κ3) is 3.85. The molecule has 112 valence electrons. The highest BCUT2D eigenvalue weighted by atomic mass is 32.1. The molecule has 0 atom stereocenters. The number of Topliss-reactive ketones (excluding diaryl/α,β-unsaturated/α-hetero) is 1. The Morgan fingerprint density at radius 2 is 1.95 bits per heavy atom. The predicted molar refractivity (Wildman–Crippen MR) is 80.2 cm³/mol. The number of likely N-dealkylation sites (N-methyl/N-ethyl adjacent to an activating group) is 1. The smallest absolute Gasteiger partial charge is 0.171 e. The minimum atomic E-state index is 0.0802. The van der Waals surface area contributed by atoms with Crippen LogP contribution in [0, 0.1) is 0 Å². The van der Waals surface area contributed by atoms with Crippen molar-refractivity contribution < 1.29 is 9.53 Å². The maximum atomic E-state index is 11.6. The standard InChI is InChI=1S/C14H23N3O2S/c1-4-16-5-7-17(8-6-16)9-13-15-12(10-19-3)14(20-13)11(2)18/h4-10H2,1-3H3. The molecule has 0 unspecified atom stereocenters. The van der Waals surface area contributed by atoms with Crippen LogP contribution < -0.4 is 0 Å². The lowest BCUT2D eigenvalue weighted by molar-refractivity contribution is 0.101. The van der Waals surface area contributed by atoms with Gasteiger partial charge in [0.1, 0.15) is 5.01 Å². The number of piperazine rings is 1. The average Bonchev–Trinajstić information content (AvgIpc) is 2.83. The van der Waals surface area contributed by atoms with Crippen molar-refractivity contribution in [3.8, 4) is 0 Å². The number of hydrogen-bond donors (Lipinski definition) is 0. The molecule has 0 saturated carbocycles. The Kier molecular flexibility index (Phi) is 5.65. The van der Waals surface area contributed by atoms with Crippen LogP contribution in [-0.2, 0) is 17.9 Å². The van der Waals surface area contributed by atoms with Crippen LogP contribution in [0.15, 0.2) is 0 Å². The van der Waals surface area contributed by atoms with E-state index in [4.69, 9.17) is 4.74 Å². The first-order valence-corrected chi connectivity index (χ1v) is 7.88. The molecule has 0 radical (unpaired) electrons. The summed E-state index contributed by atoms with van der Waals surface area (Å²) in [5.41, 5.74) is 0.784. The summed E-state index contributed by atoms with van der Waals surface area (Å²) >= 11 is 1.51. The van der Waals surface area contributed by atoms with Gasteiger partial charge >= 0.3 is 0 Å². The van der Waals surface area contributed by atoms with E-state index in [0.29, 0.717) is 6.61 Å². The van der Waals surface area contributed by atoms with Gasteiger partial charge in [0.15, 0.2) is 5.78 Å². The van der Waals surface area contributed by atoms with E-state index in [2.05, 4.69) is 21.7 Å². The first kappa shape index (κ1) is 15.6. The van der Waals surface area contributed by atoms with Crippen LogP contribution in [0.3, 0.4) is 0 Å². The number of hydrogen-bond acceptors (Lipinski definition) is 6. The van der Waals surface area contributed by atoms with Gasteiger partial charge in [0.05, 0.1) is 23.7 Å². The molecule has 0 N–H and O–H groups in total. The van der Waals surface area contributed by atoms with E-state index in [0.717, 1.165) is 54.8 Å². The zero-order valence-electron chi connectivity index (χ0n) is 12.5. The number of aromatic nitrogens is 1. The Morgan fingerprint density at radius 1 is 1.30 bits per heavy atom. The molecule has 0 bridgehead atoms. The van der Waals surface area contributed by atoms with Crippen LogP contribution in [0.25, 0.3) is 0 Å². The first-order valence-electron chi connectivity index (χ1n) is 7.07. The number of methoxy groups -OCH3 is 1. The van der Waals surface area contributed by atoms with Crippen molar-refractivity contribution in [1.29, 1.82) is 0 Å². The molecule has 2 rings (SSSR count).